The van der Waals surface area contributed by atoms with Crippen LogP contribution in [-0.4, -0.2) is 4.98 Å². The van der Waals surface area contributed by atoms with E-state index in [-0.39, 0.29) is 12.4 Å². The van der Waals surface area contributed by atoms with E-state index in [1.807, 2.05) is 30.3 Å². The molecule has 90 valence electrons. The zero-order valence-electron chi connectivity index (χ0n) is 9.06. The highest BCUT2D eigenvalue weighted by atomic mass is 35.5. The third kappa shape index (κ3) is 3.51. The molecule has 2 aromatic rings. The zero-order valence-corrected chi connectivity index (χ0v) is 10.6. The molecule has 3 nitrogen and oxygen atoms in total. The summed E-state index contributed by atoms with van der Waals surface area (Å²) in [6.07, 6.45) is 3.32. The van der Waals surface area contributed by atoms with E-state index >= 15 is 0 Å². The molecule has 0 fully saturated rings. The van der Waals surface area contributed by atoms with Crippen LogP contribution in [0.5, 0.6) is 0 Å². The van der Waals surface area contributed by atoms with Crippen molar-refractivity contribution in [2.45, 2.75) is 6.54 Å². The highest BCUT2D eigenvalue weighted by Gasteiger charge is 2.00. The lowest BCUT2D eigenvalue weighted by Crippen LogP contribution is -2.03. The van der Waals surface area contributed by atoms with E-state index in [0.717, 1.165) is 16.3 Å². The molecule has 0 bridgehead atoms. The van der Waals surface area contributed by atoms with E-state index in [4.69, 9.17) is 17.3 Å². The van der Waals surface area contributed by atoms with Gasteiger partial charge in [-0.05, 0) is 17.7 Å². The van der Waals surface area contributed by atoms with E-state index in [1.54, 1.807) is 12.4 Å². The highest BCUT2D eigenvalue weighted by molar-refractivity contribution is 6.31. The third-order valence-electron chi connectivity index (χ3n) is 2.28. The number of nitrogens with two attached hydrogens (primary N) is 1. The van der Waals surface area contributed by atoms with Gasteiger partial charge in [0, 0.05) is 17.8 Å². The molecule has 0 aliphatic heterocycles. The molecule has 3 N–H and O–H groups in total. The van der Waals surface area contributed by atoms with Crippen LogP contribution >= 0.6 is 24.0 Å². The largest absolute Gasteiger partial charge is 0.396 e. The molecular formula is C12H13Cl2N3. The number of hydrogen-bond acceptors (Lipinski definition) is 3. The Bertz CT molecular complexity index is 443. The zero-order chi connectivity index (χ0) is 11.4. The molecule has 0 unspecified atom stereocenters. The van der Waals surface area contributed by atoms with Crippen molar-refractivity contribution < 1.29 is 0 Å². The minimum absolute atomic E-state index is 0. The molecule has 0 aliphatic rings. The molecule has 5 heteroatoms. The lowest BCUT2D eigenvalue weighted by molar-refractivity contribution is 1.14. The van der Waals surface area contributed by atoms with Crippen molar-refractivity contribution in [1.82, 2.24) is 4.98 Å². The van der Waals surface area contributed by atoms with Gasteiger partial charge in [0.1, 0.15) is 0 Å². The van der Waals surface area contributed by atoms with Crippen molar-refractivity contribution in [1.29, 1.82) is 0 Å². The number of pyridine rings is 1. The summed E-state index contributed by atoms with van der Waals surface area (Å²) in [4.78, 5) is 3.93. The van der Waals surface area contributed by atoms with Crippen LogP contribution in [0.2, 0.25) is 5.02 Å². The lowest BCUT2D eigenvalue weighted by Gasteiger charge is -2.09. The first-order valence-corrected chi connectivity index (χ1v) is 5.32. The van der Waals surface area contributed by atoms with Gasteiger partial charge in [-0.15, -0.1) is 12.4 Å². The van der Waals surface area contributed by atoms with Crippen LogP contribution in [-0.2, 0) is 6.54 Å². The van der Waals surface area contributed by atoms with Crippen LogP contribution in [0.3, 0.4) is 0 Å². The first kappa shape index (κ1) is 13.6. The SMILES string of the molecule is Cl.Nc1cnccc1NCc1ccccc1Cl. The number of hydrogen-bond donors (Lipinski definition) is 2. The Hall–Kier alpha value is -1.45. The van der Waals surface area contributed by atoms with Crippen LogP contribution < -0.4 is 11.1 Å². The topological polar surface area (TPSA) is 50.9 Å². The minimum Gasteiger partial charge on any atom is -0.396 e. The second kappa shape index (κ2) is 6.33. The summed E-state index contributed by atoms with van der Waals surface area (Å²) in [5.41, 5.74) is 8.31. The Kier molecular flexibility index (Phi) is 5.07. The van der Waals surface area contributed by atoms with Crippen LogP contribution in [0.15, 0.2) is 42.7 Å². The summed E-state index contributed by atoms with van der Waals surface area (Å²) >= 11 is 6.05. The number of rotatable bonds is 3. The fourth-order valence-corrected chi connectivity index (χ4v) is 1.60. The second-order valence-electron chi connectivity index (χ2n) is 3.41. The van der Waals surface area contributed by atoms with Crippen molar-refractivity contribution in [2.75, 3.05) is 11.1 Å². The quantitative estimate of drug-likeness (QED) is 0.899. The summed E-state index contributed by atoms with van der Waals surface area (Å²) in [7, 11) is 0. The Labute approximate surface area is 111 Å². The first-order chi connectivity index (χ1) is 7.77. The molecule has 1 aromatic heterocycles. The summed E-state index contributed by atoms with van der Waals surface area (Å²) in [6, 6.07) is 9.55. The molecule has 0 radical (unpaired) electrons. The van der Waals surface area contributed by atoms with Gasteiger partial charge < -0.3 is 11.1 Å². The molecule has 0 spiro atoms. The van der Waals surface area contributed by atoms with Gasteiger partial charge in [0.15, 0.2) is 0 Å². The minimum atomic E-state index is 0. The van der Waals surface area contributed by atoms with Gasteiger partial charge in [0.05, 0.1) is 17.6 Å². The highest BCUT2D eigenvalue weighted by Crippen LogP contribution is 2.19. The monoisotopic (exact) mass is 269 g/mol. The molecule has 1 aromatic carbocycles. The van der Waals surface area contributed by atoms with E-state index in [9.17, 15) is 0 Å². The third-order valence-corrected chi connectivity index (χ3v) is 2.65. The maximum Gasteiger partial charge on any atom is 0.0736 e. The van der Waals surface area contributed by atoms with Crippen LogP contribution in [0.4, 0.5) is 11.4 Å². The van der Waals surface area contributed by atoms with Gasteiger partial charge in [-0.1, -0.05) is 29.8 Å². The number of aromatic nitrogens is 1. The van der Waals surface area contributed by atoms with E-state index in [2.05, 4.69) is 10.3 Å². The van der Waals surface area contributed by atoms with E-state index < -0.39 is 0 Å². The Morgan fingerprint density at radius 2 is 2.00 bits per heavy atom. The van der Waals surface area contributed by atoms with Crippen molar-refractivity contribution in [3.05, 3.63) is 53.3 Å². The molecule has 0 atom stereocenters. The maximum atomic E-state index is 6.05. The Balaban J connectivity index is 0.00000144. The molecule has 2 rings (SSSR count). The number of nitrogens with zero attached hydrogens (tertiary/aromatic N) is 1. The fraction of sp³-hybridized carbons (Fsp3) is 0.0833. The number of anilines is 2. The molecule has 0 saturated carbocycles. The summed E-state index contributed by atoms with van der Waals surface area (Å²) in [6.45, 7) is 0.647. The van der Waals surface area contributed by atoms with E-state index in [1.165, 1.54) is 0 Å². The number of halogens is 2. The number of nitrogens with one attached hydrogen (secondary N) is 1. The normalized spacial score (nSPS) is 9.47. The van der Waals surface area contributed by atoms with Gasteiger partial charge in [-0.3, -0.25) is 4.98 Å². The maximum absolute atomic E-state index is 6.05. The molecule has 0 amide bonds. The fourth-order valence-electron chi connectivity index (χ4n) is 1.40. The van der Waals surface area contributed by atoms with Gasteiger partial charge in [-0.25, -0.2) is 0 Å². The first-order valence-electron chi connectivity index (χ1n) is 4.94. The predicted molar refractivity (Wildman–Crippen MR) is 74.7 cm³/mol. The molecular weight excluding hydrogens is 257 g/mol. The number of benzene rings is 1. The summed E-state index contributed by atoms with van der Waals surface area (Å²) in [5.74, 6) is 0. The van der Waals surface area contributed by atoms with Crippen molar-refractivity contribution >= 4 is 35.4 Å². The molecule has 1 heterocycles. The predicted octanol–water partition coefficient (Wildman–Crippen LogP) is 3.35. The lowest BCUT2D eigenvalue weighted by atomic mass is 10.2. The van der Waals surface area contributed by atoms with Crippen molar-refractivity contribution in [3.63, 3.8) is 0 Å². The molecule has 17 heavy (non-hydrogen) atoms. The smallest absolute Gasteiger partial charge is 0.0736 e. The van der Waals surface area contributed by atoms with Crippen molar-refractivity contribution in [2.24, 2.45) is 0 Å². The van der Waals surface area contributed by atoms with Gasteiger partial charge in [0.2, 0.25) is 0 Å². The average molecular weight is 270 g/mol. The van der Waals surface area contributed by atoms with Gasteiger partial charge in [0.25, 0.3) is 0 Å². The summed E-state index contributed by atoms with van der Waals surface area (Å²) < 4.78 is 0. The Morgan fingerprint density at radius 1 is 1.24 bits per heavy atom. The van der Waals surface area contributed by atoms with Crippen molar-refractivity contribution in [3.8, 4) is 0 Å². The molecule has 0 aliphatic carbocycles. The van der Waals surface area contributed by atoms with Crippen LogP contribution in [0.25, 0.3) is 0 Å². The molecule has 0 saturated heterocycles. The van der Waals surface area contributed by atoms with Crippen LogP contribution in [0.1, 0.15) is 5.56 Å². The van der Waals surface area contributed by atoms with E-state index in [0.29, 0.717) is 12.2 Å². The number of nitrogen functional groups attached to an aromatic ring is 1. The Morgan fingerprint density at radius 3 is 2.71 bits per heavy atom. The van der Waals surface area contributed by atoms with Gasteiger partial charge in [-0.2, -0.15) is 0 Å². The average Bonchev–Trinajstić information content (AvgIpc) is 2.30. The standard InChI is InChI=1S/C12H12ClN3.ClH/c13-10-4-2-1-3-9(10)7-16-12-5-6-15-8-11(12)14;/h1-6,8H,7,14H2,(H,15,16);1H. The van der Waals surface area contributed by atoms with Gasteiger partial charge >= 0.3 is 0 Å². The second-order valence-corrected chi connectivity index (χ2v) is 3.82. The van der Waals surface area contributed by atoms with Crippen LogP contribution in [0, 0.1) is 0 Å². The summed E-state index contributed by atoms with van der Waals surface area (Å²) in [5, 5.41) is 3.97.